The highest BCUT2D eigenvalue weighted by atomic mass is 32.1. The minimum Gasteiger partial charge on any atom is -0.312 e. The van der Waals surface area contributed by atoms with E-state index < -0.39 is 0 Å². The Hall–Kier alpha value is -1.46. The number of rotatable bonds is 3. The number of aromatic nitrogens is 3. The second-order valence-electron chi connectivity index (χ2n) is 6.33. The third kappa shape index (κ3) is 2.45. The van der Waals surface area contributed by atoms with Crippen LogP contribution in [0.1, 0.15) is 35.7 Å². The Kier molecular flexibility index (Phi) is 3.19. The highest BCUT2D eigenvalue weighted by Crippen LogP contribution is 2.38. The van der Waals surface area contributed by atoms with Gasteiger partial charge in [-0.25, -0.2) is 0 Å². The molecule has 1 aromatic heterocycles. The van der Waals surface area contributed by atoms with Gasteiger partial charge in [-0.2, -0.15) is 9.78 Å². The van der Waals surface area contributed by atoms with Gasteiger partial charge < -0.3 is 9.47 Å². The SMILES string of the molecule is Cn1c(C2CC2)nn(C[NH+]2CCc3ccccc3C2)c1=S. The molecular weight excluding hydrogens is 280 g/mol. The van der Waals surface area contributed by atoms with Gasteiger partial charge >= 0.3 is 0 Å². The van der Waals surface area contributed by atoms with Crippen LogP contribution in [-0.4, -0.2) is 20.9 Å². The molecule has 4 nitrogen and oxygen atoms in total. The van der Waals surface area contributed by atoms with E-state index in [1.165, 1.54) is 29.8 Å². The van der Waals surface area contributed by atoms with Crippen molar-refractivity contribution >= 4 is 12.2 Å². The molecule has 21 heavy (non-hydrogen) atoms. The monoisotopic (exact) mass is 301 g/mol. The summed E-state index contributed by atoms with van der Waals surface area (Å²) in [5.74, 6) is 1.83. The lowest BCUT2D eigenvalue weighted by Gasteiger charge is -2.25. The molecular formula is C16H21N4S+. The van der Waals surface area contributed by atoms with Gasteiger partial charge in [-0.3, -0.25) is 0 Å². The molecule has 1 N–H and O–H groups in total. The molecule has 0 bridgehead atoms. The van der Waals surface area contributed by atoms with Gasteiger partial charge in [0.05, 0.1) is 6.54 Å². The molecule has 4 rings (SSSR count). The van der Waals surface area contributed by atoms with Gasteiger partial charge in [0.25, 0.3) is 0 Å². The average molecular weight is 301 g/mol. The molecule has 1 aliphatic carbocycles. The first kappa shape index (κ1) is 13.2. The molecule has 1 atom stereocenters. The average Bonchev–Trinajstić information content (AvgIpc) is 3.30. The normalized spacial score (nSPS) is 21.3. The van der Waals surface area contributed by atoms with Crippen LogP contribution in [0.25, 0.3) is 0 Å². The van der Waals surface area contributed by atoms with Crippen molar-refractivity contribution in [2.24, 2.45) is 7.05 Å². The van der Waals surface area contributed by atoms with E-state index in [1.54, 1.807) is 4.90 Å². The second-order valence-corrected chi connectivity index (χ2v) is 6.69. The van der Waals surface area contributed by atoms with Gasteiger partial charge in [0.2, 0.25) is 4.77 Å². The lowest BCUT2D eigenvalue weighted by atomic mass is 10.0. The quantitative estimate of drug-likeness (QED) is 0.868. The van der Waals surface area contributed by atoms with Crippen LogP contribution in [0.4, 0.5) is 0 Å². The van der Waals surface area contributed by atoms with Crippen LogP contribution < -0.4 is 4.90 Å². The molecule has 2 aromatic rings. The van der Waals surface area contributed by atoms with Crippen molar-refractivity contribution in [3.8, 4) is 0 Å². The number of nitrogens with zero attached hydrogens (tertiary/aromatic N) is 3. The van der Waals surface area contributed by atoms with Crippen LogP contribution in [0.2, 0.25) is 0 Å². The minimum atomic E-state index is 0.648. The second kappa shape index (κ2) is 5.07. The Morgan fingerprint density at radius 1 is 1.29 bits per heavy atom. The van der Waals surface area contributed by atoms with Gasteiger partial charge in [-0.1, -0.05) is 24.3 Å². The number of quaternary nitrogens is 1. The van der Waals surface area contributed by atoms with Gasteiger partial charge in [0, 0.05) is 24.9 Å². The van der Waals surface area contributed by atoms with E-state index in [-0.39, 0.29) is 0 Å². The van der Waals surface area contributed by atoms with Gasteiger partial charge in [0.1, 0.15) is 12.4 Å². The van der Waals surface area contributed by atoms with Crippen molar-refractivity contribution in [1.29, 1.82) is 0 Å². The fourth-order valence-corrected chi connectivity index (χ4v) is 3.49. The summed E-state index contributed by atoms with van der Waals surface area (Å²) < 4.78 is 5.00. The first-order chi connectivity index (χ1) is 10.2. The van der Waals surface area contributed by atoms with Crippen LogP contribution in [0, 0.1) is 4.77 Å². The largest absolute Gasteiger partial charge is 0.312 e. The van der Waals surface area contributed by atoms with E-state index in [1.807, 2.05) is 4.68 Å². The highest BCUT2D eigenvalue weighted by molar-refractivity contribution is 7.71. The number of fused-ring (bicyclic) bond motifs is 1. The summed E-state index contributed by atoms with van der Waals surface area (Å²) in [6.07, 6.45) is 3.69. The Bertz CT molecular complexity index is 726. The fourth-order valence-electron chi connectivity index (χ4n) is 3.29. The predicted molar refractivity (Wildman–Crippen MR) is 83.7 cm³/mol. The van der Waals surface area contributed by atoms with E-state index in [2.05, 4.69) is 35.9 Å². The summed E-state index contributed by atoms with van der Waals surface area (Å²) in [7, 11) is 2.06. The third-order valence-electron chi connectivity index (χ3n) is 4.70. The maximum absolute atomic E-state index is 5.56. The molecule has 2 aliphatic rings. The van der Waals surface area contributed by atoms with Crippen molar-refractivity contribution in [2.75, 3.05) is 6.54 Å². The van der Waals surface area contributed by atoms with Gasteiger partial charge in [0.15, 0.2) is 6.67 Å². The Labute approximate surface area is 130 Å². The summed E-state index contributed by atoms with van der Waals surface area (Å²) in [6.45, 7) is 3.12. The topological polar surface area (TPSA) is 27.2 Å². The Balaban J connectivity index is 1.55. The Morgan fingerprint density at radius 3 is 2.81 bits per heavy atom. The molecule has 1 unspecified atom stereocenters. The van der Waals surface area contributed by atoms with Gasteiger partial charge in [-0.15, -0.1) is 0 Å². The number of hydrogen-bond acceptors (Lipinski definition) is 2. The molecule has 5 heteroatoms. The fraction of sp³-hybridized carbons (Fsp3) is 0.500. The van der Waals surface area contributed by atoms with E-state index >= 15 is 0 Å². The molecule has 0 spiro atoms. The summed E-state index contributed by atoms with van der Waals surface area (Å²) in [5.41, 5.74) is 2.98. The molecule has 1 fully saturated rings. The summed E-state index contributed by atoms with van der Waals surface area (Å²) in [6, 6.07) is 8.78. The zero-order valence-corrected chi connectivity index (χ0v) is 13.2. The molecule has 0 amide bonds. The molecule has 0 saturated heterocycles. The van der Waals surface area contributed by atoms with Crippen LogP contribution in [0.5, 0.6) is 0 Å². The van der Waals surface area contributed by atoms with Crippen LogP contribution in [0.3, 0.4) is 0 Å². The van der Waals surface area contributed by atoms with Crippen molar-refractivity contribution in [3.63, 3.8) is 0 Å². The van der Waals surface area contributed by atoms with Crippen LogP contribution >= 0.6 is 12.2 Å². The molecule has 0 radical (unpaired) electrons. The number of nitrogens with one attached hydrogen (secondary N) is 1. The molecule has 1 saturated carbocycles. The number of hydrogen-bond donors (Lipinski definition) is 1. The van der Waals surface area contributed by atoms with E-state index in [9.17, 15) is 0 Å². The van der Waals surface area contributed by atoms with E-state index in [0.29, 0.717) is 5.92 Å². The maximum Gasteiger partial charge on any atom is 0.202 e. The lowest BCUT2D eigenvalue weighted by Crippen LogP contribution is -3.11. The molecule has 1 aromatic carbocycles. The van der Waals surface area contributed by atoms with Crippen molar-refractivity contribution in [2.45, 2.75) is 38.4 Å². The zero-order chi connectivity index (χ0) is 14.4. The predicted octanol–water partition coefficient (Wildman–Crippen LogP) is 1.43. The first-order valence-electron chi connectivity index (χ1n) is 7.76. The first-order valence-corrected chi connectivity index (χ1v) is 8.17. The summed E-state index contributed by atoms with van der Waals surface area (Å²) >= 11 is 5.56. The smallest absolute Gasteiger partial charge is 0.202 e. The maximum atomic E-state index is 5.56. The lowest BCUT2D eigenvalue weighted by molar-refractivity contribution is -0.939. The summed E-state index contributed by atoms with van der Waals surface area (Å²) in [5, 5.41) is 4.78. The standard InChI is InChI=1S/C16H20N4S/c1-18-15(13-6-7-13)17-20(16(18)21)11-19-9-8-12-4-2-3-5-14(12)10-19/h2-5,13H,6-11H2,1H3/p+1. The van der Waals surface area contributed by atoms with Crippen LogP contribution in [-0.2, 0) is 26.7 Å². The van der Waals surface area contributed by atoms with Crippen molar-refractivity contribution < 1.29 is 4.90 Å². The molecule has 110 valence electrons. The number of benzene rings is 1. The highest BCUT2D eigenvalue weighted by Gasteiger charge is 2.30. The zero-order valence-electron chi connectivity index (χ0n) is 12.4. The van der Waals surface area contributed by atoms with E-state index in [4.69, 9.17) is 17.3 Å². The Morgan fingerprint density at radius 2 is 2.05 bits per heavy atom. The van der Waals surface area contributed by atoms with Crippen molar-refractivity contribution in [1.82, 2.24) is 14.3 Å². The van der Waals surface area contributed by atoms with Gasteiger partial charge in [-0.05, 0) is 30.6 Å². The van der Waals surface area contributed by atoms with E-state index in [0.717, 1.165) is 31.0 Å². The third-order valence-corrected chi connectivity index (χ3v) is 5.18. The summed E-state index contributed by atoms with van der Waals surface area (Å²) in [4.78, 5) is 1.55. The molecule has 2 heterocycles. The molecule has 1 aliphatic heterocycles. The van der Waals surface area contributed by atoms with Crippen LogP contribution in [0.15, 0.2) is 24.3 Å². The van der Waals surface area contributed by atoms with Crippen molar-refractivity contribution in [3.05, 3.63) is 46.0 Å². The minimum absolute atomic E-state index is 0.648.